The normalized spacial score (nSPS) is 11.0. The smallest absolute Gasteiger partial charge is 0.415 e. The largest absolute Gasteiger partial charge is 0.493 e. The molecule has 0 spiro atoms. The van der Waals surface area contributed by atoms with Gasteiger partial charge in [0.2, 0.25) is 0 Å². The summed E-state index contributed by atoms with van der Waals surface area (Å²) in [5.41, 5.74) is 1.65. The number of ether oxygens (including phenoxy) is 3. The van der Waals surface area contributed by atoms with E-state index in [9.17, 15) is 18.0 Å². The lowest BCUT2D eigenvalue weighted by atomic mass is 10.00. The first-order valence-corrected chi connectivity index (χ1v) is 11.8. The third-order valence-corrected chi connectivity index (χ3v) is 6.24. The zero-order valence-electron chi connectivity index (χ0n) is 21.0. The summed E-state index contributed by atoms with van der Waals surface area (Å²) in [6, 6.07) is 11.8. The number of benzene rings is 3. The minimum Gasteiger partial charge on any atom is -0.493 e. The van der Waals surface area contributed by atoms with Crippen LogP contribution in [0.3, 0.4) is 0 Å². The van der Waals surface area contributed by atoms with Crippen LogP contribution in [0.5, 0.6) is 17.2 Å². The van der Waals surface area contributed by atoms with Crippen molar-refractivity contribution in [2.75, 3.05) is 27.3 Å². The van der Waals surface area contributed by atoms with Gasteiger partial charge in [0.25, 0.3) is 0 Å². The van der Waals surface area contributed by atoms with Crippen molar-refractivity contribution in [1.82, 2.24) is 9.47 Å². The van der Waals surface area contributed by atoms with Gasteiger partial charge in [0.05, 0.1) is 20.8 Å². The average molecular weight is 513 g/mol. The average Bonchev–Trinajstić information content (AvgIpc) is 3.29. The van der Waals surface area contributed by atoms with Gasteiger partial charge in [-0.25, -0.2) is 18.0 Å². The van der Waals surface area contributed by atoms with E-state index in [0.29, 0.717) is 64.5 Å². The molecular weight excluding hydrogens is 485 g/mol. The maximum atomic E-state index is 14.4. The second-order valence-corrected chi connectivity index (χ2v) is 8.27. The maximum absolute atomic E-state index is 14.4. The Morgan fingerprint density at radius 1 is 0.865 bits per heavy atom. The first-order valence-electron chi connectivity index (χ1n) is 11.8. The van der Waals surface area contributed by atoms with Crippen molar-refractivity contribution >= 4 is 17.0 Å². The zero-order valence-corrected chi connectivity index (χ0v) is 21.0. The van der Waals surface area contributed by atoms with Crippen LogP contribution < -0.4 is 14.2 Å². The second-order valence-electron chi connectivity index (χ2n) is 8.27. The maximum Gasteiger partial charge on any atom is 0.415 e. The van der Waals surface area contributed by atoms with Gasteiger partial charge in [-0.3, -0.25) is 0 Å². The number of aromatic nitrogens is 1. The number of fused-ring (bicyclic) bond motifs is 1. The number of rotatable bonds is 8. The number of halogens is 3. The number of nitrogens with zero attached hydrogens (tertiary/aromatic N) is 2. The summed E-state index contributed by atoms with van der Waals surface area (Å²) in [7, 11) is 3.05. The van der Waals surface area contributed by atoms with Crippen LogP contribution in [-0.4, -0.2) is 42.9 Å². The number of hydrogen-bond donors (Lipinski definition) is 0. The molecule has 4 rings (SSSR count). The molecule has 0 unspecified atom stereocenters. The van der Waals surface area contributed by atoms with Gasteiger partial charge in [0.15, 0.2) is 11.5 Å². The molecule has 0 aliphatic heterocycles. The van der Waals surface area contributed by atoms with Crippen LogP contribution in [0.15, 0.2) is 54.7 Å². The van der Waals surface area contributed by atoms with Crippen molar-refractivity contribution in [3.05, 3.63) is 77.7 Å². The van der Waals surface area contributed by atoms with Gasteiger partial charge in [-0.15, -0.1) is 0 Å². The molecule has 1 heterocycles. The van der Waals surface area contributed by atoms with Crippen LogP contribution >= 0.6 is 0 Å². The minimum atomic E-state index is -0.980. The number of methoxy groups -OCH3 is 2. The Morgan fingerprint density at radius 2 is 1.51 bits per heavy atom. The van der Waals surface area contributed by atoms with E-state index in [-0.39, 0.29) is 12.1 Å². The van der Waals surface area contributed by atoms with Gasteiger partial charge < -0.3 is 23.7 Å². The lowest BCUT2D eigenvalue weighted by Crippen LogP contribution is -2.33. The second kappa shape index (κ2) is 10.9. The summed E-state index contributed by atoms with van der Waals surface area (Å²) >= 11 is 0. The van der Waals surface area contributed by atoms with Crippen molar-refractivity contribution in [1.29, 1.82) is 0 Å². The van der Waals surface area contributed by atoms with Crippen molar-refractivity contribution in [2.45, 2.75) is 20.4 Å². The number of carbonyl (C=O) groups is 1. The molecule has 0 N–H and O–H groups in total. The Labute approximate surface area is 212 Å². The van der Waals surface area contributed by atoms with Crippen LogP contribution in [0, 0.1) is 17.5 Å². The molecular formula is C28H27F3N2O4. The van der Waals surface area contributed by atoms with E-state index in [1.165, 1.54) is 14.2 Å². The van der Waals surface area contributed by atoms with Crippen molar-refractivity contribution in [2.24, 2.45) is 0 Å². The fourth-order valence-corrected chi connectivity index (χ4v) is 4.30. The van der Waals surface area contributed by atoms with Crippen molar-refractivity contribution in [3.8, 4) is 28.4 Å². The van der Waals surface area contributed by atoms with Crippen molar-refractivity contribution in [3.63, 3.8) is 0 Å². The molecule has 1 amide bonds. The number of carbonyl (C=O) groups excluding carboxylic acids is 1. The van der Waals surface area contributed by atoms with Crippen LogP contribution in [-0.2, 0) is 6.54 Å². The Hall–Kier alpha value is -4.14. The highest BCUT2D eigenvalue weighted by molar-refractivity contribution is 6.00. The molecule has 0 fully saturated rings. The van der Waals surface area contributed by atoms with Gasteiger partial charge in [0, 0.05) is 53.4 Å². The third-order valence-electron chi connectivity index (χ3n) is 6.24. The minimum absolute atomic E-state index is 0.161. The third kappa shape index (κ3) is 5.07. The molecule has 0 saturated carbocycles. The molecule has 0 aliphatic rings. The summed E-state index contributed by atoms with van der Waals surface area (Å²) in [6.07, 6.45) is 1.17. The van der Waals surface area contributed by atoms with E-state index >= 15 is 0 Å². The molecule has 37 heavy (non-hydrogen) atoms. The highest BCUT2D eigenvalue weighted by Gasteiger charge is 2.21. The molecule has 1 aromatic heterocycles. The van der Waals surface area contributed by atoms with Crippen molar-refractivity contribution < 1.29 is 32.2 Å². The Morgan fingerprint density at radius 3 is 2.14 bits per heavy atom. The Bertz CT molecular complexity index is 1420. The van der Waals surface area contributed by atoms with Crippen LogP contribution in [0.1, 0.15) is 19.4 Å². The molecule has 3 aromatic carbocycles. The monoisotopic (exact) mass is 512 g/mol. The van der Waals surface area contributed by atoms with Crippen LogP contribution in [0.25, 0.3) is 22.0 Å². The van der Waals surface area contributed by atoms with E-state index in [0.717, 1.165) is 0 Å². The lowest BCUT2D eigenvalue weighted by molar-refractivity contribution is 0.157. The Kier molecular flexibility index (Phi) is 7.61. The predicted octanol–water partition coefficient (Wildman–Crippen LogP) is 6.63. The van der Waals surface area contributed by atoms with Crippen LogP contribution in [0.4, 0.5) is 18.0 Å². The summed E-state index contributed by atoms with van der Waals surface area (Å²) in [5, 5.41) is 0.681. The molecule has 0 saturated heterocycles. The van der Waals surface area contributed by atoms with Gasteiger partial charge >= 0.3 is 6.09 Å². The van der Waals surface area contributed by atoms with Gasteiger partial charge in [-0.2, -0.15) is 0 Å². The SMILES string of the molecule is CCN(CC)C(=O)Oc1ccc2c(ccn2Cc2c(F)cc(F)cc2F)c1-c1ccc(OC)c(OC)c1. The van der Waals surface area contributed by atoms with E-state index in [1.54, 1.807) is 46.0 Å². The number of hydrogen-bond acceptors (Lipinski definition) is 4. The summed E-state index contributed by atoms with van der Waals surface area (Å²) < 4.78 is 60.4. The van der Waals surface area contributed by atoms with Crippen LogP contribution in [0.2, 0.25) is 0 Å². The topological polar surface area (TPSA) is 52.9 Å². The standard InChI is InChI=1S/C28H27F3N2O4/c1-5-32(6-2)28(34)37-25-10-8-23-19(27(25)17-7-9-24(35-3)26(13-17)36-4)11-12-33(23)16-20-21(30)14-18(29)15-22(20)31/h7-15H,5-6,16H2,1-4H3. The van der Waals surface area contributed by atoms with E-state index < -0.39 is 23.5 Å². The lowest BCUT2D eigenvalue weighted by Gasteiger charge is -2.20. The summed E-state index contributed by atoms with van der Waals surface area (Å²) in [6.45, 7) is 4.52. The highest BCUT2D eigenvalue weighted by atomic mass is 19.1. The fourth-order valence-electron chi connectivity index (χ4n) is 4.30. The van der Waals surface area contributed by atoms with Gasteiger partial charge in [-0.1, -0.05) is 6.07 Å². The van der Waals surface area contributed by atoms with E-state index in [1.807, 2.05) is 19.9 Å². The van der Waals surface area contributed by atoms with E-state index in [4.69, 9.17) is 14.2 Å². The Balaban J connectivity index is 1.87. The molecule has 4 aromatic rings. The molecule has 0 radical (unpaired) electrons. The molecule has 194 valence electrons. The van der Waals surface area contributed by atoms with Gasteiger partial charge in [0.1, 0.15) is 23.2 Å². The summed E-state index contributed by atoms with van der Waals surface area (Å²) in [4.78, 5) is 14.4. The molecule has 0 bridgehead atoms. The number of amides is 1. The van der Waals surface area contributed by atoms with E-state index in [2.05, 4.69) is 0 Å². The molecule has 6 nitrogen and oxygen atoms in total. The quantitative estimate of drug-likeness (QED) is 0.266. The fraction of sp³-hybridized carbons (Fsp3) is 0.250. The summed E-state index contributed by atoms with van der Waals surface area (Å²) in [5.74, 6) is -1.60. The predicted molar refractivity (Wildman–Crippen MR) is 135 cm³/mol. The molecule has 9 heteroatoms. The molecule has 0 aliphatic carbocycles. The highest BCUT2D eigenvalue weighted by Crippen LogP contribution is 2.41. The molecule has 0 atom stereocenters. The first kappa shape index (κ1) is 25.9. The first-order chi connectivity index (χ1) is 17.8. The van der Waals surface area contributed by atoms with Gasteiger partial charge in [-0.05, 0) is 49.7 Å². The zero-order chi connectivity index (χ0) is 26.7.